The molecule has 0 radical (unpaired) electrons. The number of halogens is 4. The molecule has 2 aromatic carbocycles. The lowest BCUT2D eigenvalue weighted by molar-refractivity contribution is -0.228. The van der Waals surface area contributed by atoms with Gasteiger partial charge in [-0.1, -0.05) is 111 Å². The van der Waals surface area contributed by atoms with Gasteiger partial charge in [0.05, 0.1) is 4.83 Å². The third-order valence-electron chi connectivity index (χ3n) is 5.52. The molecule has 0 amide bonds. The summed E-state index contributed by atoms with van der Waals surface area (Å²) in [5, 5.41) is 0. The largest absolute Gasteiger partial charge is 0.469 e. The van der Waals surface area contributed by atoms with E-state index < -0.39 is 3.79 Å². The first-order valence-electron chi connectivity index (χ1n) is 9.30. The van der Waals surface area contributed by atoms with Crippen molar-refractivity contribution < 1.29 is 14.2 Å². The maximum Gasteiger partial charge on any atom is 0.266 e. The molecule has 2 heterocycles. The maximum atomic E-state index is 6.63. The van der Waals surface area contributed by atoms with Crippen molar-refractivity contribution >= 4 is 56.6 Å². The second-order valence-corrected chi connectivity index (χ2v) is 10.7. The van der Waals surface area contributed by atoms with Crippen LogP contribution in [0.5, 0.6) is 0 Å². The number of hydrogen-bond acceptors (Lipinski definition) is 4. The van der Waals surface area contributed by atoms with Crippen LogP contribution >= 0.6 is 50.7 Å². The predicted molar refractivity (Wildman–Crippen MR) is 117 cm³/mol. The molecule has 1 aliphatic carbocycles. The molecule has 7 atom stereocenters. The van der Waals surface area contributed by atoms with Gasteiger partial charge >= 0.3 is 0 Å². The molecule has 2 aromatic rings. The lowest BCUT2D eigenvalue weighted by atomic mass is 9.95. The van der Waals surface area contributed by atoms with Crippen LogP contribution in [0.25, 0.3) is 0 Å². The minimum atomic E-state index is -1.70. The second-order valence-electron chi connectivity index (χ2n) is 7.31. The zero-order valence-corrected chi connectivity index (χ0v) is 18.9. The Labute approximate surface area is 192 Å². The van der Waals surface area contributed by atoms with Crippen LogP contribution in [0.1, 0.15) is 23.3 Å². The van der Waals surface area contributed by atoms with Gasteiger partial charge in [-0.05, 0) is 11.1 Å². The molecule has 5 rings (SSSR count). The smallest absolute Gasteiger partial charge is 0.266 e. The van der Waals surface area contributed by atoms with E-state index >= 15 is 0 Å². The Morgan fingerprint density at radius 2 is 1.28 bits per heavy atom. The monoisotopic (exact) mass is 515 g/mol. The molecule has 1 saturated heterocycles. The number of nitrogens with zero attached hydrogens (tertiary/aromatic N) is 1. The molecule has 8 heteroatoms. The van der Waals surface area contributed by atoms with Gasteiger partial charge in [0.15, 0.2) is 6.10 Å². The summed E-state index contributed by atoms with van der Waals surface area (Å²) >= 11 is 21.7. The SMILES string of the molecule is ClC(Cl)(Cl)C1=N[C@@H]2[C@@H](Br)[C@H]3O[C@H](c4ccccc4)[C@@H](c4ccccc4)O[C@H]3[C@@H]2O1. The number of ether oxygens (including phenoxy) is 3. The van der Waals surface area contributed by atoms with Gasteiger partial charge in [-0.25, -0.2) is 4.99 Å². The zero-order chi connectivity index (χ0) is 20.2. The average molecular weight is 518 g/mol. The van der Waals surface area contributed by atoms with Crippen LogP contribution in [-0.2, 0) is 14.2 Å². The molecule has 3 aliphatic rings. The van der Waals surface area contributed by atoms with Crippen molar-refractivity contribution in [3.63, 3.8) is 0 Å². The van der Waals surface area contributed by atoms with E-state index in [1.54, 1.807) is 0 Å². The van der Waals surface area contributed by atoms with E-state index in [4.69, 9.17) is 49.0 Å². The van der Waals surface area contributed by atoms with Crippen LogP contribution < -0.4 is 0 Å². The fourth-order valence-electron chi connectivity index (χ4n) is 4.24. The van der Waals surface area contributed by atoms with Crippen LogP contribution in [0.2, 0.25) is 0 Å². The van der Waals surface area contributed by atoms with Crippen molar-refractivity contribution in [2.24, 2.45) is 4.99 Å². The summed E-state index contributed by atoms with van der Waals surface area (Å²) in [6, 6.07) is 19.9. The molecule has 2 fully saturated rings. The Morgan fingerprint density at radius 3 is 1.79 bits per heavy atom. The normalized spacial score (nSPS) is 36.1. The predicted octanol–water partition coefficient (Wildman–Crippen LogP) is 5.57. The molecule has 0 bridgehead atoms. The van der Waals surface area contributed by atoms with Gasteiger partial charge in [-0.15, -0.1) is 0 Å². The standard InChI is InChI=1S/C21H17BrCl3NO3/c22-13-14-18(29-20(26-14)21(23,24)25)19-17(13)27-15(11-7-3-1-4-8-11)16(28-19)12-9-5-2-6-10-12/h1-10,13-19H/t13-,14-,15-,16-,17-,18-,19-/m1/s1. The first-order valence-corrected chi connectivity index (χ1v) is 11.3. The van der Waals surface area contributed by atoms with Crippen molar-refractivity contribution in [3.8, 4) is 0 Å². The van der Waals surface area contributed by atoms with Gasteiger partial charge in [0.2, 0.25) is 5.90 Å². The van der Waals surface area contributed by atoms with E-state index in [-0.39, 0.29) is 47.3 Å². The van der Waals surface area contributed by atoms with Gasteiger partial charge in [-0.3, -0.25) is 0 Å². The number of benzene rings is 2. The van der Waals surface area contributed by atoms with Crippen molar-refractivity contribution in [3.05, 3.63) is 71.8 Å². The second kappa shape index (κ2) is 7.70. The summed E-state index contributed by atoms with van der Waals surface area (Å²) in [7, 11) is 0. The Balaban J connectivity index is 1.50. The highest BCUT2D eigenvalue weighted by Gasteiger charge is 2.61. The Morgan fingerprint density at radius 1 is 0.759 bits per heavy atom. The molecule has 1 saturated carbocycles. The summed E-state index contributed by atoms with van der Waals surface area (Å²) in [6.07, 6.45) is -1.51. The topological polar surface area (TPSA) is 40.0 Å². The molecule has 0 spiro atoms. The fraction of sp³-hybridized carbons (Fsp3) is 0.381. The van der Waals surface area contributed by atoms with Crippen molar-refractivity contribution in [2.45, 2.75) is 45.2 Å². The Hall–Kier alpha value is -0.820. The highest BCUT2D eigenvalue weighted by atomic mass is 79.9. The van der Waals surface area contributed by atoms with E-state index in [9.17, 15) is 0 Å². The number of rotatable bonds is 2. The number of fused-ring (bicyclic) bond motifs is 3. The van der Waals surface area contributed by atoms with Crippen LogP contribution in [0.4, 0.5) is 0 Å². The summed E-state index contributed by atoms with van der Waals surface area (Å²) < 4.78 is 17.5. The van der Waals surface area contributed by atoms with E-state index in [2.05, 4.69) is 33.1 Å². The van der Waals surface area contributed by atoms with Gasteiger partial charge in [0.25, 0.3) is 3.79 Å². The summed E-state index contributed by atoms with van der Waals surface area (Å²) in [4.78, 5) is 4.39. The first kappa shape index (κ1) is 20.1. The lowest BCUT2D eigenvalue weighted by Crippen LogP contribution is -2.46. The summed E-state index contributed by atoms with van der Waals surface area (Å²) in [5.74, 6) is 0.102. The van der Waals surface area contributed by atoms with Gasteiger partial charge in [0, 0.05) is 0 Å². The first-order chi connectivity index (χ1) is 13.9. The quantitative estimate of drug-likeness (QED) is 0.490. The molecule has 29 heavy (non-hydrogen) atoms. The fourth-order valence-corrected chi connectivity index (χ4v) is 5.36. The third kappa shape index (κ3) is 3.60. The van der Waals surface area contributed by atoms with Crippen LogP contribution in [0, 0.1) is 0 Å². The maximum absolute atomic E-state index is 6.63. The molecular weight excluding hydrogens is 500 g/mol. The number of hydrogen-bond donors (Lipinski definition) is 0. The molecular formula is C21H17BrCl3NO3. The van der Waals surface area contributed by atoms with Gasteiger partial charge in [0.1, 0.15) is 30.5 Å². The number of alkyl halides is 4. The highest BCUT2D eigenvalue weighted by Crippen LogP contribution is 2.51. The van der Waals surface area contributed by atoms with Crippen LogP contribution in [0.3, 0.4) is 0 Å². The minimum Gasteiger partial charge on any atom is -0.469 e. The van der Waals surface area contributed by atoms with E-state index in [0.717, 1.165) is 11.1 Å². The molecule has 0 unspecified atom stereocenters. The number of aliphatic imine (C=N–C) groups is 1. The minimum absolute atomic E-state index is 0.102. The van der Waals surface area contributed by atoms with Crippen molar-refractivity contribution in [1.82, 2.24) is 0 Å². The van der Waals surface area contributed by atoms with E-state index in [1.807, 2.05) is 48.5 Å². The molecule has 2 aliphatic heterocycles. The van der Waals surface area contributed by atoms with Gasteiger partial charge in [-0.2, -0.15) is 0 Å². The molecule has 4 nitrogen and oxygen atoms in total. The lowest BCUT2D eigenvalue weighted by Gasteiger charge is -2.41. The van der Waals surface area contributed by atoms with E-state index in [0.29, 0.717) is 0 Å². The molecule has 0 N–H and O–H groups in total. The molecule has 152 valence electrons. The zero-order valence-electron chi connectivity index (χ0n) is 15.0. The average Bonchev–Trinajstić information content (AvgIpc) is 3.28. The Kier molecular flexibility index (Phi) is 5.34. The van der Waals surface area contributed by atoms with Crippen molar-refractivity contribution in [2.75, 3.05) is 0 Å². The third-order valence-corrected chi connectivity index (χ3v) is 7.07. The summed E-state index contributed by atoms with van der Waals surface area (Å²) in [5.41, 5.74) is 2.10. The summed E-state index contributed by atoms with van der Waals surface area (Å²) in [6.45, 7) is 0. The van der Waals surface area contributed by atoms with Crippen LogP contribution in [0.15, 0.2) is 65.7 Å². The Bertz CT molecular complexity index is 908. The van der Waals surface area contributed by atoms with Crippen molar-refractivity contribution in [1.29, 1.82) is 0 Å². The van der Waals surface area contributed by atoms with Crippen LogP contribution in [-0.4, -0.2) is 38.9 Å². The molecule has 0 aromatic heterocycles. The van der Waals surface area contributed by atoms with E-state index in [1.165, 1.54) is 0 Å². The van der Waals surface area contributed by atoms with Gasteiger partial charge < -0.3 is 14.2 Å². The highest BCUT2D eigenvalue weighted by molar-refractivity contribution is 9.09.